The first-order valence-corrected chi connectivity index (χ1v) is 4.92. The molecule has 0 fully saturated rings. The van der Waals surface area contributed by atoms with E-state index in [1.807, 2.05) is 6.07 Å². The summed E-state index contributed by atoms with van der Waals surface area (Å²) in [4.78, 5) is 0. The van der Waals surface area contributed by atoms with Crippen LogP contribution in [0.2, 0.25) is 0 Å². The number of para-hydroxylation sites is 1. The van der Waals surface area contributed by atoms with Crippen molar-refractivity contribution in [1.82, 2.24) is 0 Å². The van der Waals surface area contributed by atoms with E-state index in [1.54, 1.807) is 24.3 Å². The normalized spacial score (nSPS) is 9.71. The van der Waals surface area contributed by atoms with Gasteiger partial charge in [0.15, 0.2) is 0 Å². The molecule has 0 aromatic heterocycles. The number of nitrogens with zero attached hydrogens (tertiary/aromatic N) is 1. The molecular weight excluding hydrogens is 222 g/mol. The van der Waals surface area contributed by atoms with Crippen LogP contribution in [0.4, 0.5) is 20.2 Å². The lowest BCUT2D eigenvalue weighted by atomic mass is 10.2. The Bertz CT molecular complexity index is 588. The zero-order valence-corrected chi connectivity index (χ0v) is 8.74. The summed E-state index contributed by atoms with van der Waals surface area (Å²) in [5.74, 6) is -1.11. The van der Waals surface area contributed by atoms with E-state index in [0.717, 1.165) is 18.2 Å². The van der Waals surface area contributed by atoms with E-state index in [2.05, 4.69) is 5.32 Å². The lowest BCUT2D eigenvalue weighted by molar-refractivity contribution is 0.603. The van der Waals surface area contributed by atoms with Gasteiger partial charge in [-0.25, -0.2) is 8.78 Å². The van der Waals surface area contributed by atoms with E-state index < -0.39 is 11.6 Å². The first-order valence-electron chi connectivity index (χ1n) is 4.92. The van der Waals surface area contributed by atoms with Crippen LogP contribution >= 0.6 is 0 Å². The summed E-state index contributed by atoms with van der Waals surface area (Å²) in [5, 5.41) is 11.6. The van der Waals surface area contributed by atoms with Gasteiger partial charge in [-0.2, -0.15) is 5.26 Å². The maximum absolute atomic E-state index is 13.4. The van der Waals surface area contributed by atoms with Gasteiger partial charge in [-0.15, -0.1) is 0 Å². The van der Waals surface area contributed by atoms with Crippen molar-refractivity contribution >= 4 is 11.4 Å². The maximum atomic E-state index is 13.4. The van der Waals surface area contributed by atoms with E-state index in [4.69, 9.17) is 5.26 Å². The van der Waals surface area contributed by atoms with Gasteiger partial charge in [-0.05, 0) is 24.3 Å². The minimum Gasteiger partial charge on any atom is -0.352 e. The van der Waals surface area contributed by atoms with Crippen LogP contribution in [0.5, 0.6) is 0 Å². The molecule has 0 bridgehead atoms. The second-order valence-corrected chi connectivity index (χ2v) is 3.41. The van der Waals surface area contributed by atoms with Gasteiger partial charge in [0.1, 0.15) is 17.7 Å². The van der Waals surface area contributed by atoms with E-state index in [9.17, 15) is 8.78 Å². The van der Waals surface area contributed by atoms with Crippen molar-refractivity contribution in [3.8, 4) is 6.07 Å². The molecule has 1 N–H and O–H groups in total. The molecule has 0 aliphatic carbocycles. The molecule has 0 unspecified atom stereocenters. The van der Waals surface area contributed by atoms with Gasteiger partial charge >= 0.3 is 0 Å². The monoisotopic (exact) mass is 230 g/mol. The number of nitriles is 1. The number of hydrogen-bond donors (Lipinski definition) is 1. The smallest absolute Gasteiger partial charge is 0.146 e. The largest absolute Gasteiger partial charge is 0.352 e. The quantitative estimate of drug-likeness (QED) is 0.855. The summed E-state index contributed by atoms with van der Waals surface area (Å²) in [6.07, 6.45) is 0. The highest BCUT2D eigenvalue weighted by Gasteiger charge is 2.06. The van der Waals surface area contributed by atoms with Crippen LogP contribution in [0.25, 0.3) is 0 Å². The average Bonchev–Trinajstić information content (AvgIpc) is 2.34. The van der Waals surface area contributed by atoms with Crippen LogP contribution in [0, 0.1) is 23.0 Å². The first-order chi connectivity index (χ1) is 8.20. The van der Waals surface area contributed by atoms with Gasteiger partial charge < -0.3 is 5.32 Å². The molecule has 2 nitrogen and oxygen atoms in total. The van der Waals surface area contributed by atoms with Gasteiger partial charge in [0, 0.05) is 6.07 Å². The molecular formula is C13H8F2N2. The average molecular weight is 230 g/mol. The Kier molecular flexibility index (Phi) is 3.01. The molecule has 0 aliphatic heterocycles. The van der Waals surface area contributed by atoms with Crippen LogP contribution in [0.1, 0.15) is 5.56 Å². The van der Waals surface area contributed by atoms with Crippen molar-refractivity contribution < 1.29 is 8.78 Å². The molecule has 0 saturated heterocycles. The lowest BCUT2D eigenvalue weighted by Gasteiger charge is -2.08. The van der Waals surface area contributed by atoms with Crippen molar-refractivity contribution in [2.75, 3.05) is 5.32 Å². The molecule has 0 atom stereocenters. The molecule has 0 heterocycles. The second kappa shape index (κ2) is 4.62. The maximum Gasteiger partial charge on any atom is 0.146 e. The molecule has 2 rings (SSSR count). The van der Waals surface area contributed by atoms with Gasteiger partial charge in [0.05, 0.1) is 16.9 Å². The third kappa shape index (κ3) is 2.40. The van der Waals surface area contributed by atoms with Crippen LogP contribution in [0.15, 0.2) is 42.5 Å². The van der Waals surface area contributed by atoms with Gasteiger partial charge in [0.2, 0.25) is 0 Å². The van der Waals surface area contributed by atoms with Crippen LogP contribution < -0.4 is 5.32 Å². The fraction of sp³-hybridized carbons (Fsp3) is 0. The summed E-state index contributed by atoms with van der Waals surface area (Å²) >= 11 is 0. The molecule has 84 valence electrons. The van der Waals surface area contributed by atoms with Gasteiger partial charge in [0.25, 0.3) is 0 Å². The Morgan fingerprint density at radius 3 is 2.53 bits per heavy atom. The molecule has 2 aromatic rings. The van der Waals surface area contributed by atoms with Gasteiger partial charge in [-0.1, -0.05) is 12.1 Å². The molecule has 0 aliphatic rings. The Morgan fingerprint density at radius 1 is 1.00 bits per heavy atom. The zero-order valence-electron chi connectivity index (χ0n) is 8.74. The van der Waals surface area contributed by atoms with Crippen LogP contribution in [-0.4, -0.2) is 0 Å². The molecule has 2 aromatic carbocycles. The van der Waals surface area contributed by atoms with Crippen LogP contribution in [0.3, 0.4) is 0 Å². The standard InChI is InChI=1S/C13H8F2N2/c14-10-5-6-11(15)13(7-10)17-12-4-2-1-3-9(12)8-16/h1-7,17H. The highest BCUT2D eigenvalue weighted by atomic mass is 19.1. The Morgan fingerprint density at radius 2 is 1.76 bits per heavy atom. The number of rotatable bonds is 2. The number of nitrogens with one attached hydrogen (secondary N) is 1. The van der Waals surface area contributed by atoms with E-state index >= 15 is 0 Å². The summed E-state index contributed by atoms with van der Waals surface area (Å²) < 4.78 is 26.3. The van der Waals surface area contributed by atoms with Crippen molar-refractivity contribution in [3.05, 3.63) is 59.7 Å². The number of halogens is 2. The SMILES string of the molecule is N#Cc1ccccc1Nc1cc(F)ccc1F. The summed E-state index contributed by atoms with van der Waals surface area (Å²) in [6, 6.07) is 11.7. The first kappa shape index (κ1) is 11.1. The summed E-state index contributed by atoms with van der Waals surface area (Å²) in [5.41, 5.74) is 0.823. The van der Waals surface area contributed by atoms with Crippen molar-refractivity contribution in [2.24, 2.45) is 0 Å². The van der Waals surface area contributed by atoms with Crippen LogP contribution in [-0.2, 0) is 0 Å². The van der Waals surface area contributed by atoms with Gasteiger partial charge in [-0.3, -0.25) is 0 Å². The predicted octanol–water partition coefficient (Wildman–Crippen LogP) is 3.58. The molecule has 4 heteroatoms. The highest BCUT2D eigenvalue weighted by molar-refractivity contribution is 5.66. The fourth-order valence-electron chi connectivity index (χ4n) is 1.43. The molecule has 0 amide bonds. The number of anilines is 2. The van der Waals surface area contributed by atoms with E-state index in [-0.39, 0.29) is 5.69 Å². The Balaban J connectivity index is 2.38. The molecule has 17 heavy (non-hydrogen) atoms. The van der Waals surface area contributed by atoms with Crippen molar-refractivity contribution in [2.45, 2.75) is 0 Å². The minimum absolute atomic E-state index is 0.00713. The highest BCUT2D eigenvalue weighted by Crippen LogP contribution is 2.23. The summed E-state index contributed by atoms with van der Waals surface area (Å²) in [7, 11) is 0. The topological polar surface area (TPSA) is 35.8 Å². The molecule has 0 radical (unpaired) electrons. The number of benzene rings is 2. The Labute approximate surface area is 97.1 Å². The molecule has 0 saturated carbocycles. The Hall–Kier alpha value is -2.41. The van der Waals surface area contributed by atoms with E-state index in [0.29, 0.717) is 11.3 Å². The fourth-order valence-corrected chi connectivity index (χ4v) is 1.43. The summed E-state index contributed by atoms with van der Waals surface area (Å²) in [6.45, 7) is 0. The predicted molar refractivity (Wildman–Crippen MR) is 60.8 cm³/mol. The third-order valence-corrected chi connectivity index (χ3v) is 2.25. The second-order valence-electron chi connectivity index (χ2n) is 3.41. The zero-order chi connectivity index (χ0) is 12.3. The third-order valence-electron chi connectivity index (χ3n) is 2.25. The van der Waals surface area contributed by atoms with E-state index in [1.165, 1.54) is 0 Å². The molecule has 0 spiro atoms. The lowest BCUT2D eigenvalue weighted by Crippen LogP contribution is -1.96. The minimum atomic E-state index is -0.570. The number of hydrogen-bond acceptors (Lipinski definition) is 2. The van der Waals surface area contributed by atoms with Crippen molar-refractivity contribution in [1.29, 1.82) is 5.26 Å². The van der Waals surface area contributed by atoms with Crippen molar-refractivity contribution in [3.63, 3.8) is 0 Å².